The highest BCUT2D eigenvalue weighted by Gasteiger charge is 2.06. The number of nitrogens with two attached hydrogens (primary N) is 1. The Balaban J connectivity index is 2.07. The lowest BCUT2D eigenvalue weighted by atomic mass is 10.1. The molecule has 2 rings (SSSR count). The molecule has 1 atom stereocenters. The number of nitriles is 1. The van der Waals surface area contributed by atoms with Gasteiger partial charge < -0.3 is 10.5 Å². The molecule has 0 aliphatic carbocycles. The zero-order chi connectivity index (χ0) is 15.2. The van der Waals surface area contributed by atoms with Crippen LogP contribution in [-0.2, 0) is 13.0 Å². The second-order valence-corrected chi connectivity index (χ2v) is 5.89. The van der Waals surface area contributed by atoms with Crippen LogP contribution >= 0.6 is 15.9 Å². The molecule has 108 valence electrons. The zero-order valence-electron chi connectivity index (χ0n) is 11.8. The lowest BCUT2D eigenvalue weighted by Crippen LogP contribution is -2.18. The molecule has 2 aromatic carbocycles. The van der Waals surface area contributed by atoms with Crippen molar-refractivity contribution in [1.29, 1.82) is 5.26 Å². The summed E-state index contributed by atoms with van der Waals surface area (Å²) in [6, 6.07) is 15.5. The summed E-state index contributed by atoms with van der Waals surface area (Å²) in [5.41, 5.74) is 8.60. The van der Waals surface area contributed by atoms with Crippen LogP contribution in [-0.4, -0.2) is 6.04 Å². The Hall–Kier alpha value is -1.83. The molecular weight excluding hydrogens is 328 g/mol. The van der Waals surface area contributed by atoms with Crippen molar-refractivity contribution in [3.05, 3.63) is 63.6 Å². The number of nitrogens with zero attached hydrogens (tertiary/aromatic N) is 1. The minimum absolute atomic E-state index is 0.101. The van der Waals surface area contributed by atoms with Crippen molar-refractivity contribution in [2.24, 2.45) is 5.73 Å². The van der Waals surface area contributed by atoms with Gasteiger partial charge in [-0.1, -0.05) is 28.1 Å². The van der Waals surface area contributed by atoms with Gasteiger partial charge in [0.15, 0.2) is 0 Å². The van der Waals surface area contributed by atoms with Gasteiger partial charge in [-0.2, -0.15) is 5.26 Å². The number of halogens is 1. The summed E-state index contributed by atoms with van der Waals surface area (Å²) < 4.78 is 6.84. The first kappa shape index (κ1) is 15.6. The van der Waals surface area contributed by atoms with Gasteiger partial charge in [0.2, 0.25) is 0 Å². The van der Waals surface area contributed by atoms with Crippen molar-refractivity contribution in [1.82, 2.24) is 0 Å². The van der Waals surface area contributed by atoms with Gasteiger partial charge in [0.1, 0.15) is 12.4 Å². The van der Waals surface area contributed by atoms with Gasteiger partial charge >= 0.3 is 0 Å². The monoisotopic (exact) mass is 344 g/mol. The average Bonchev–Trinajstić information content (AvgIpc) is 2.48. The van der Waals surface area contributed by atoms with Gasteiger partial charge in [-0.3, -0.25) is 0 Å². The van der Waals surface area contributed by atoms with Crippen molar-refractivity contribution in [2.45, 2.75) is 26.0 Å². The van der Waals surface area contributed by atoms with E-state index in [1.807, 2.05) is 43.3 Å². The molecule has 2 N–H and O–H groups in total. The third-order valence-corrected chi connectivity index (χ3v) is 3.79. The third kappa shape index (κ3) is 4.59. The van der Waals surface area contributed by atoms with Crippen LogP contribution < -0.4 is 10.5 Å². The van der Waals surface area contributed by atoms with E-state index < -0.39 is 0 Å². The molecule has 4 heteroatoms. The topological polar surface area (TPSA) is 59.0 Å². The second kappa shape index (κ2) is 7.26. The highest BCUT2D eigenvalue weighted by atomic mass is 79.9. The van der Waals surface area contributed by atoms with Crippen LogP contribution in [0.1, 0.15) is 23.6 Å². The zero-order valence-corrected chi connectivity index (χ0v) is 13.4. The lowest BCUT2D eigenvalue weighted by Gasteiger charge is -2.11. The number of hydrogen-bond donors (Lipinski definition) is 1. The highest BCUT2D eigenvalue weighted by Crippen LogP contribution is 2.24. The Morgan fingerprint density at radius 2 is 2.10 bits per heavy atom. The van der Waals surface area contributed by atoms with E-state index in [9.17, 15) is 0 Å². The first-order valence-electron chi connectivity index (χ1n) is 6.74. The van der Waals surface area contributed by atoms with E-state index in [0.29, 0.717) is 12.2 Å². The minimum atomic E-state index is 0.101. The first-order chi connectivity index (χ1) is 10.1. The SMILES string of the molecule is CC(N)Cc1cc(OCc2cccc(C#N)c2)ccc1Br. The van der Waals surface area contributed by atoms with Crippen molar-refractivity contribution < 1.29 is 4.74 Å². The van der Waals surface area contributed by atoms with Crippen LogP contribution in [0.3, 0.4) is 0 Å². The Kier molecular flexibility index (Phi) is 5.38. The maximum Gasteiger partial charge on any atom is 0.120 e. The molecule has 3 nitrogen and oxygen atoms in total. The summed E-state index contributed by atoms with van der Waals surface area (Å²) in [5.74, 6) is 0.802. The predicted molar refractivity (Wildman–Crippen MR) is 87.0 cm³/mol. The van der Waals surface area contributed by atoms with Gasteiger partial charge in [-0.15, -0.1) is 0 Å². The molecule has 0 heterocycles. The molecule has 0 aliphatic heterocycles. The average molecular weight is 345 g/mol. The fraction of sp³-hybridized carbons (Fsp3) is 0.235. The summed E-state index contributed by atoms with van der Waals surface area (Å²) in [4.78, 5) is 0. The van der Waals surface area contributed by atoms with Crippen molar-refractivity contribution >= 4 is 15.9 Å². The molecule has 0 saturated heterocycles. The molecule has 1 unspecified atom stereocenters. The molecule has 21 heavy (non-hydrogen) atoms. The largest absolute Gasteiger partial charge is 0.489 e. The molecule has 0 saturated carbocycles. The molecule has 0 aliphatic rings. The molecular formula is C17H17BrN2O. The first-order valence-corrected chi connectivity index (χ1v) is 7.53. The van der Waals surface area contributed by atoms with Gasteiger partial charge in [0.05, 0.1) is 11.6 Å². The van der Waals surface area contributed by atoms with Crippen molar-refractivity contribution in [3.8, 4) is 11.8 Å². The number of ether oxygens (including phenoxy) is 1. The molecule has 2 aromatic rings. The Labute approximate surface area is 133 Å². The van der Waals surface area contributed by atoms with Crippen LogP contribution in [0.15, 0.2) is 46.9 Å². The number of benzene rings is 2. The Morgan fingerprint density at radius 3 is 2.81 bits per heavy atom. The molecule has 0 aromatic heterocycles. The van der Waals surface area contributed by atoms with E-state index in [-0.39, 0.29) is 6.04 Å². The maximum atomic E-state index is 8.89. The van der Waals surface area contributed by atoms with Crippen LogP contribution in [0.2, 0.25) is 0 Å². The van der Waals surface area contributed by atoms with E-state index in [0.717, 1.165) is 27.8 Å². The lowest BCUT2D eigenvalue weighted by molar-refractivity contribution is 0.306. The molecule has 0 fully saturated rings. The van der Waals surface area contributed by atoms with Gasteiger partial charge in [-0.25, -0.2) is 0 Å². The van der Waals surface area contributed by atoms with Crippen LogP contribution in [0.4, 0.5) is 0 Å². The van der Waals surface area contributed by atoms with E-state index in [1.165, 1.54) is 0 Å². The minimum Gasteiger partial charge on any atom is -0.489 e. The maximum absolute atomic E-state index is 8.89. The van der Waals surface area contributed by atoms with Crippen molar-refractivity contribution in [2.75, 3.05) is 0 Å². The van der Waals surface area contributed by atoms with E-state index in [1.54, 1.807) is 6.07 Å². The van der Waals surface area contributed by atoms with Crippen molar-refractivity contribution in [3.63, 3.8) is 0 Å². The van der Waals surface area contributed by atoms with Gasteiger partial charge in [0, 0.05) is 10.5 Å². The van der Waals surface area contributed by atoms with Gasteiger partial charge in [0.25, 0.3) is 0 Å². The van der Waals surface area contributed by atoms with Gasteiger partial charge in [-0.05, 0) is 54.8 Å². The molecule has 0 radical (unpaired) electrons. The summed E-state index contributed by atoms with van der Waals surface area (Å²) in [5, 5.41) is 8.89. The molecule has 0 spiro atoms. The molecule has 0 amide bonds. The fourth-order valence-corrected chi connectivity index (χ4v) is 2.45. The smallest absolute Gasteiger partial charge is 0.120 e. The van der Waals surface area contributed by atoms with E-state index in [4.69, 9.17) is 15.7 Å². The highest BCUT2D eigenvalue weighted by molar-refractivity contribution is 9.10. The number of hydrogen-bond acceptors (Lipinski definition) is 3. The second-order valence-electron chi connectivity index (χ2n) is 5.04. The van der Waals surface area contributed by atoms with Crippen LogP contribution in [0.25, 0.3) is 0 Å². The standard InChI is InChI=1S/C17H17BrN2O/c1-12(20)7-15-9-16(5-6-17(15)18)21-11-14-4-2-3-13(8-14)10-19/h2-6,8-9,12H,7,11,20H2,1H3. The Bertz CT molecular complexity index is 662. The number of rotatable bonds is 5. The predicted octanol–water partition coefficient (Wildman–Crippen LogP) is 3.79. The van der Waals surface area contributed by atoms with E-state index >= 15 is 0 Å². The third-order valence-electron chi connectivity index (χ3n) is 3.02. The summed E-state index contributed by atoms with van der Waals surface area (Å²) in [7, 11) is 0. The van der Waals surface area contributed by atoms with E-state index in [2.05, 4.69) is 22.0 Å². The summed E-state index contributed by atoms with van der Waals surface area (Å²) >= 11 is 3.53. The Morgan fingerprint density at radius 1 is 1.29 bits per heavy atom. The normalized spacial score (nSPS) is 11.7. The summed E-state index contributed by atoms with van der Waals surface area (Å²) in [6.45, 7) is 2.42. The van der Waals surface area contributed by atoms with Crippen LogP contribution in [0, 0.1) is 11.3 Å². The molecule has 0 bridgehead atoms. The summed E-state index contributed by atoms with van der Waals surface area (Å²) in [6.07, 6.45) is 0.793. The fourth-order valence-electron chi connectivity index (χ4n) is 2.04. The quantitative estimate of drug-likeness (QED) is 0.897. The van der Waals surface area contributed by atoms with Crippen LogP contribution in [0.5, 0.6) is 5.75 Å².